The summed E-state index contributed by atoms with van der Waals surface area (Å²) in [6, 6.07) is 6.52. The van der Waals surface area contributed by atoms with Gasteiger partial charge in [0.25, 0.3) is 5.91 Å². The molecule has 0 aliphatic carbocycles. The van der Waals surface area contributed by atoms with Crippen molar-refractivity contribution in [3.05, 3.63) is 40.9 Å². The van der Waals surface area contributed by atoms with Crippen LogP contribution in [0.4, 0.5) is 5.13 Å². The molecule has 1 heterocycles. The molecule has 0 saturated carbocycles. The van der Waals surface area contributed by atoms with Gasteiger partial charge < -0.3 is 4.74 Å². The van der Waals surface area contributed by atoms with Gasteiger partial charge in [-0.3, -0.25) is 19.7 Å². The number of anilines is 1. The van der Waals surface area contributed by atoms with E-state index in [-0.39, 0.29) is 24.1 Å². The Hall–Kier alpha value is -2.54. The van der Waals surface area contributed by atoms with Gasteiger partial charge in [-0.15, -0.1) is 11.3 Å². The van der Waals surface area contributed by atoms with E-state index in [4.69, 9.17) is 4.74 Å². The molecule has 1 aromatic carbocycles. The van der Waals surface area contributed by atoms with Crippen LogP contribution >= 0.6 is 11.3 Å². The zero-order chi connectivity index (χ0) is 16.1. The molecule has 7 heteroatoms. The molecule has 1 aromatic heterocycles. The number of amides is 1. The molecule has 0 fully saturated rings. The number of hydrogen-bond donors (Lipinski definition) is 1. The molecule has 2 aromatic rings. The SMILES string of the molecule is CC(=O)c1ccc(OCC(=O)Nc2nc(C(C)=O)cs2)cc1. The van der Waals surface area contributed by atoms with E-state index in [9.17, 15) is 14.4 Å². The van der Waals surface area contributed by atoms with Crippen molar-refractivity contribution in [2.24, 2.45) is 0 Å². The van der Waals surface area contributed by atoms with Crippen LogP contribution in [0.1, 0.15) is 34.7 Å². The summed E-state index contributed by atoms with van der Waals surface area (Å²) in [7, 11) is 0. The molecule has 0 radical (unpaired) electrons. The number of ketones is 2. The second kappa shape index (κ2) is 6.95. The quantitative estimate of drug-likeness (QED) is 0.827. The molecule has 0 atom stereocenters. The highest BCUT2D eigenvalue weighted by molar-refractivity contribution is 7.14. The van der Waals surface area contributed by atoms with E-state index < -0.39 is 0 Å². The second-order valence-corrected chi connectivity index (χ2v) is 5.37. The van der Waals surface area contributed by atoms with Gasteiger partial charge in [0.2, 0.25) is 0 Å². The van der Waals surface area contributed by atoms with Gasteiger partial charge in [-0.05, 0) is 31.2 Å². The Bertz CT molecular complexity index is 707. The van der Waals surface area contributed by atoms with Crippen molar-refractivity contribution in [2.75, 3.05) is 11.9 Å². The number of nitrogens with zero attached hydrogens (tertiary/aromatic N) is 1. The van der Waals surface area contributed by atoms with Crippen LogP contribution in [0.15, 0.2) is 29.6 Å². The Morgan fingerprint density at radius 3 is 2.36 bits per heavy atom. The summed E-state index contributed by atoms with van der Waals surface area (Å²) in [5.74, 6) is -0.0725. The first-order valence-corrected chi connectivity index (χ1v) is 7.34. The van der Waals surface area contributed by atoms with Gasteiger partial charge in [-0.25, -0.2) is 4.98 Å². The maximum atomic E-state index is 11.7. The first-order chi connectivity index (χ1) is 10.5. The largest absolute Gasteiger partial charge is 0.484 e. The van der Waals surface area contributed by atoms with Crippen LogP contribution in [0.5, 0.6) is 5.75 Å². The molecule has 22 heavy (non-hydrogen) atoms. The number of hydrogen-bond acceptors (Lipinski definition) is 6. The maximum Gasteiger partial charge on any atom is 0.264 e. The van der Waals surface area contributed by atoms with E-state index in [1.54, 1.807) is 29.6 Å². The third-order valence-corrected chi connectivity index (χ3v) is 3.50. The fourth-order valence-electron chi connectivity index (χ4n) is 1.58. The molecule has 6 nitrogen and oxygen atoms in total. The fraction of sp³-hybridized carbons (Fsp3) is 0.200. The minimum Gasteiger partial charge on any atom is -0.484 e. The predicted octanol–water partition coefficient (Wildman–Crippen LogP) is 2.57. The lowest BCUT2D eigenvalue weighted by Crippen LogP contribution is -2.20. The molecule has 1 N–H and O–H groups in total. The summed E-state index contributed by atoms with van der Waals surface area (Å²) in [6.45, 7) is 2.70. The highest BCUT2D eigenvalue weighted by Gasteiger charge is 2.09. The van der Waals surface area contributed by atoms with Crippen LogP contribution in [-0.4, -0.2) is 29.1 Å². The lowest BCUT2D eigenvalue weighted by molar-refractivity contribution is -0.118. The highest BCUT2D eigenvalue weighted by atomic mass is 32.1. The first-order valence-electron chi connectivity index (χ1n) is 6.46. The Morgan fingerprint density at radius 1 is 1.14 bits per heavy atom. The third kappa shape index (κ3) is 4.23. The number of nitrogens with one attached hydrogen (secondary N) is 1. The molecule has 0 saturated heterocycles. The lowest BCUT2D eigenvalue weighted by Gasteiger charge is -2.06. The van der Waals surface area contributed by atoms with Crippen LogP contribution in [-0.2, 0) is 4.79 Å². The van der Waals surface area contributed by atoms with Gasteiger partial charge in [0, 0.05) is 17.9 Å². The van der Waals surface area contributed by atoms with Crippen molar-refractivity contribution in [1.82, 2.24) is 4.98 Å². The van der Waals surface area contributed by atoms with E-state index in [1.807, 2.05) is 0 Å². The molecule has 1 amide bonds. The predicted molar refractivity (Wildman–Crippen MR) is 82.7 cm³/mol. The van der Waals surface area contributed by atoms with E-state index in [0.29, 0.717) is 22.1 Å². The summed E-state index contributed by atoms with van der Waals surface area (Å²) in [5, 5.41) is 4.49. The van der Waals surface area contributed by atoms with Crippen LogP contribution in [0, 0.1) is 0 Å². The topological polar surface area (TPSA) is 85.4 Å². The molecule has 0 unspecified atom stereocenters. The summed E-state index contributed by atoms with van der Waals surface area (Å²) in [4.78, 5) is 38.0. The zero-order valence-electron chi connectivity index (χ0n) is 12.1. The fourth-order valence-corrected chi connectivity index (χ4v) is 2.35. The summed E-state index contributed by atoms with van der Waals surface area (Å²) in [6.07, 6.45) is 0. The lowest BCUT2D eigenvalue weighted by atomic mass is 10.1. The summed E-state index contributed by atoms with van der Waals surface area (Å²) < 4.78 is 5.32. The van der Waals surface area contributed by atoms with Crippen molar-refractivity contribution in [3.63, 3.8) is 0 Å². The maximum absolute atomic E-state index is 11.7. The minimum absolute atomic E-state index is 0.0330. The molecular formula is C15H14N2O4S. The molecule has 2 rings (SSSR count). The molecule has 0 aliphatic heterocycles. The molecular weight excluding hydrogens is 304 g/mol. The average Bonchev–Trinajstić information content (AvgIpc) is 2.94. The highest BCUT2D eigenvalue weighted by Crippen LogP contribution is 2.16. The van der Waals surface area contributed by atoms with Crippen LogP contribution < -0.4 is 10.1 Å². The normalized spacial score (nSPS) is 10.1. The number of benzene rings is 1. The number of Topliss-reactive ketones (excluding diaryl/α,β-unsaturated/α-hetero) is 2. The van der Waals surface area contributed by atoms with E-state index in [0.717, 1.165) is 0 Å². The summed E-state index contributed by atoms with van der Waals surface area (Å²) >= 11 is 1.18. The standard InChI is InChI=1S/C15H14N2O4S/c1-9(18)11-3-5-12(6-4-11)21-7-14(20)17-15-16-13(8-22-15)10(2)19/h3-6,8H,7H2,1-2H3,(H,16,17,20). The number of thiazole rings is 1. The van der Waals surface area contributed by atoms with Gasteiger partial charge in [0.15, 0.2) is 23.3 Å². The molecule has 0 bridgehead atoms. The van der Waals surface area contributed by atoms with Crippen molar-refractivity contribution in [1.29, 1.82) is 0 Å². The monoisotopic (exact) mass is 318 g/mol. The summed E-state index contributed by atoms with van der Waals surface area (Å²) in [5.41, 5.74) is 0.900. The third-order valence-electron chi connectivity index (χ3n) is 2.74. The van der Waals surface area contributed by atoms with Crippen molar-refractivity contribution in [3.8, 4) is 5.75 Å². The van der Waals surface area contributed by atoms with Crippen molar-refractivity contribution >= 4 is 33.9 Å². The molecule has 0 aliphatic rings. The number of rotatable bonds is 6. The Labute approximate surface area is 131 Å². The zero-order valence-corrected chi connectivity index (χ0v) is 12.9. The van der Waals surface area contributed by atoms with Gasteiger partial charge in [-0.2, -0.15) is 0 Å². The Balaban J connectivity index is 1.86. The first kappa shape index (κ1) is 15.8. The van der Waals surface area contributed by atoms with Crippen LogP contribution in [0.2, 0.25) is 0 Å². The Kier molecular flexibility index (Phi) is 5.00. The van der Waals surface area contributed by atoms with Crippen LogP contribution in [0.25, 0.3) is 0 Å². The van der Waals surface area contributed by atoms with E-state index in [1.165, 1.54) is 25.2 Å². The Morgan fingerprint density at radius 2 is 1.82 bits per heavy atom. The van der Waals surface area contributed by atoms with Gasteiger partial charge in [-0.1, -0.05) is 0 Å². The smallest absolute Gasteiger partial charge is 0.264 e. The number of carbonyl (C=O) groups is 3. The molecule has 0 spiro atoms. The van der Waals surface area contributed by atoms with Gasteiger partial charge >= 0.3 is 0 Å². The molecule has 114 valence electrons. The average molecular weight is 318 g/mol. The number of ether oxygens (including phenoxy) is 1. The number of aromatic nitrogens is 1. The van der Waals surface area contributed by atoms with E-state index in [2.05, 4.69) is 10.3 Å². The van der Waals surface area contributed by atoms with Crippen molar-refractivity contribution in [2.45, 2.75) is 13.8 Å². The minimum atomic E-state index is -0.375. The van der Waals surface area contributed by atoms with Crippen LogP contribution in [0.3, 0.4) is 0 Å². The van der Waals surface area contributed by atoms with E-state index >= 15 is 0 Å². The second-order valence-electron chi connectivity index (χ2n) is 4.51. The van der Waals surface area contributed by atoms with Gasteiger partial charge in [0.05, 0.1) is 0 Å². The number of carbonyl (C=O) groups excluding carboxylic acids is 3. The van der Waals surface area contributed by atoms with Crippen molar-refractivity contribution < 1.29 is 19.1 Å². The van der Waals surface area contributed by atoms with Gasteiger partial charge in [0.1, 0.15) is 11.4 Å².